The number of halogens is 3. The fourth-order valence-corrected chi connectivity index (χ4v) is 4.32. The Hall–Kier alpha value is -1.60. The van der Waals surface area contributed by atoms with Crippen LogP contribution in [0.25, 0.3) is 0 Å². The Balaban J connectivity index is 0.00000243. The Morgan fingerprint density at radius 1 is 1.31 bits per heavy atom. The van der Waals surface area contributed by atoms with E-state index >= 15 is 0 Å². The summed E-state index contributed by atoms with van der Waals surface area (Å²) in [6.07, 6.45) is 3.23. The van der Waals surface area contributed by atoms with Gasteiger partial charge in [-0.15, -0.1) is 12.4 Å². The number of nitrogens with zero attached hydrogens (tertiary/aromatic N) is 1. The Labute approximate surface area is 158 Å². The quantitative estimate of drug-likeness (QED) is 0.810. The maximum atomic E-state index is 12.8. The number of fused-ring (bicyclic) bond motifs is 2. The number of hydrogen-bond donors (Lipinski definition) is 1. The van der Waals surface area contributed by atoms with E-state index in [1.807, 2.05) is 0 Å². The van der Waals surface area contributed by atoms with Crippen LogP contribution in [-0.2, 0) is 11.3 Å². The molecule has 4 unspecified atom stereocenters. The lowest BCUT2D eigenvalue weighted by molar-refractivity contribution is -0.137. The predicted molar refractivity (Wildman–Crippen MR) is 95.6 cm³/mol. The zero-order chi connectivity index (χ0) is 18.1. The Kier molecular flexibility index (Phi) is 6.69. The number of nitrogens with two attached hydrogens (primary N) is 1. The van der Waals surface area contributed by atoms with Crippen LogP contribution in [0.3, 0.4) is 0 Å². The van der Waals surface area contributed by atoms with Gasteiger partial charge in [0.15, 0.2) is 11.5 Å². The zero-order valence-corrected chi connectivity index (χ0v) is 15.7. The van der Waals surface area contributed by atoms with Crippen LogP contribution in [0.5, 0.6) is 11.5 Å². The zero-order valence-electron chi connectivity index (χ0n) is 14.9. The molecule has 146 valence electrons. The second kappa shape index (κ2) is 8.39. The van der Waals surface area contributed by atoms with Crippen molar-refractivity contribution in [2.75, 3.05) is 14.2 Å². The molecule has 2 fully saturated rings. The first-order valence-electron chi connectivity index (χ1n) is 8.53. The van der Waals surface area contributed by atoms with Gasteiger partial charge >= 0.3 is 6.61 Å². The molecule has 4 atom stereocenters. The number of alkyl halides is 2. The number of methoxy groups -OCH3 is 1. The van der Waals surface area contributed by atoms with Gasteiger partial charge in [-0.3, -0.25) is 4.79 Å². The second-order valence-corrected chi connectivity index (χ2v) is 6.99. The maximum absolute atomic E-state index is 12.8. The van der Waals surface area contributed by atoms with Gasteiger partial charge in [-0.05, 0) is 48.8 Å². The van der Waals surface area contributed by atoms with Crippen molar-refractivity contribution in [1.82, 2.24) is 4.90 Å². The van der Waals surface area contributed by atoms with Crippen molar-refractivity contribution < 1.29 is 23.0 Å². The van der Waals surface area contributed by atoms with Crippen molar-refractivity contribution in [3.05, 3.63) is 23.8 Å². The summed E-state index contributed by atoms with van der Waals surface area (Å²) >= 11 is 0. The first kappa shape index (κ1) is 20.7. The molecule has 8 heteroatoms. The molecule has 26 heavy (non-hydrogen) atoms. The molecule has 1 amide bonds. The van der Waals surface area contributed by atoms with Crippen LogP contribution in [0.2, 0.25) is 0 Å². The molecule has 0 radical (unpaired) electrons. The van der Waals surface area contributed by atoms with Crippen molar-refractivity contribution in [1.29, 1.82) is 0 Å². The summed E-state index contributed by atoms with van der Waals surface area (Å²) in [5.74, 6) is 0.939. The topological polar surface area (TPSA) is 64.8 Å². The van der Waals surface area contributed by atoms with Crippen LogP contribution in [0, 0.1) is 17.8 Å². The minimum absolute atomic E-state index is 0. The van der Waals surface area contributed by atoms with Gasteiger partial charge in [0.25, 0.3) is 0 Å². The van der Waals surface area contributed by atoms with Crippen molar-refractivity contribution in [2.45, 2.75) is 38.5 Å². The van der Waals surface area contributed by atoms with Gasteiger partial charge in [0.05, 0.1) is 13.0 Å². The monoisotopic (exact) mass is 390 g/mol. The first-order chi connectivity index (χ1) is 11.9. The van der Waals surface area contributed by atoms with Gasteiger partial charge in [0, 0.05) is 19.6 Å². The highest BCUT2D eigenvalue weighted by molar-refractivity contribution is 5.85. The number of ether oxygens (including phenoxy) is 2. The molecule has 1 aromatic rings. The molecule has 2 aliphatic carbocycles. The van der Waals surface area contributed by atoms with Gasteiger partial charge in [0.2, 0.25) is 5.91 Å². The highest BCUT2D eigenvalue weighted by Gasteiger charge is 2.49. The molecule has 1 aromatic carbocycles. The molecule has 2 saturated carbocycles. The summed E-state index contributed by atoms with van der Waals surface area (Å²) in [6.45, 7) is -2.63. The predicted octanol–water partition coefficient (Wildman–Crippen LogP) is 3.05. The normalized spacial score (nSPS) is 26.5. The second-order valence-electron chi connectivity index (χ2n) is 6.99. The first-order valence-corrected chi connectivity index (χ1v) is 8.53. The van der Waals surface area contributed by atoms with Gasteiger partial charge in [-0.2, -0.15) is 8.78 Å². The van der Waals surface area contributed by atoms with Gasteiger partial charge in [0.1, 0.15) is 0 Å². The number of carbonyl (C=O) groups is 1. The molecule has 0 heterocycles. The standard InChI is InChI=1S/C18H24F2N2O3.ClH/c1-22(17(23)15-11-4-5-12(8-11)16(15)21)9-10-3-6-13(24-2)14(7-10)25-18(19)20;/h3,6-7,11-12,15-16,18H,4-5,8-9,21H2,1-2H3;1H. The van der Waals surface area contributed by atoms with Crippen LogP contribution in [0.1, 0.15) is 24.8 Å². The minimum Gasteiger partial charge on any atom is -0.493 e. The fraction of sp³-hybridized carbons (Fsp3) is 0.611. The average molecular weight is 391 g/mol. The molecule has 2 N–H and O–H groups in total. The van der Waals surface area contributed by atoms with E-state index in [4.69, 9.17) is 10.5 Å². The Bertz CT molecular complexity index is 645. The summed E-state index contributed by atoms with van der Waals surface area (Å²) in [4.78, 5) is 14.4. The van der Waals surface area contributed by atoms with Crippen molar-refractivity contribution in [3.63, 3.8) is 0 Å². The highest BCUT2D eigenvalue weighted by Crippen LogP contribution is 2.48. The summed E-state index contributed by atoms with van der Waals surface area (Å²) in [5, 5.41) is 0. The highest BCUT2D eigenvalue weighted by atomic mass is 35.5. The molecule has 0 aliphatic heterocycles. The largest absolute Gasteiger partial charge is 0.493 e. The third kappa shape index (κ3) is 4.04. The maximum Gasteiger partial charge on any atom is 0.387 e. The molecule has 2 aliphatic rings. The molecule has 2 bridgehead atoms. The smallest absolute Gasteiger partial charge is 0.387 e. The minimum atomic E-state index is -2.93. The van der Waals surface area contributed by atoms with Gasteiger partial charge in [-0.1, -0.05) is 6.07 Å². The van der Waals surface area contributed by atoms with E-state index in [9.17, 15) is 13.6 Å². The van der Waals surface area contributed by atoms with E-state index in [1.54, 1.807) is 24.1 Å². The van der Waals surface area contributed by atoms with Crippen LogP contribution < -0.4 is 15.2 Å². The van der Waals surface area contributed by atoms with Crippen LogP contribution in [0.4, 0.5) is 8.78 Å². The summed E-state index contributed by atoms with van der Waals surface area (Å²) in [5.41, 5.74) is 6.94. The van der Waals surface area contributed by atoms with E-state index < -0.39 is 6.61 Å². The molecule has 0 spiro atoms. The SMILES string of the molecule is COc1ccc(CN(C)C(=O)C2C3CCC(C3)C2N)cc1OC(F)F.Cl. The van der Waals surface area contributed by atoms with E-state index in [-0.39, 0.29) is 41.8 Å². The molecule has 3 rings (SSSR count). The number of amides is 1. The number of rotatable bonds is 6. The Morgan fingerprint density at radius 3 is 2.58 bits per heavy atom. The van der Waals surface area contributed by atoms with Crippen LogP contribution in [-0.4, -0.2) is 37.6 Å². The molecular formula is C18H25ClF2N2O3. The third-order valence-corrected chi connectivity index (χ3v) is 5.51. The average Bonchev–Trinajstić information content (AvgIpc) is 3.15. The van der Waals surface area contributed by atoms with Crippen molar-refractivity contribution in [2.24, 2.45) is 23.5 Å². The summed E-state index contributed by atoms with van der Waals surface area (Å²) in [6, 6.07) is 4.72. The van der Waals surface area contributed by atoms with Crippen LogP contribution in [0.15, 0.2) is 18.2 Å². The lowest BCUT2D eigenvalue weighted by Crippen LogP contribution is -2.45. The van der Waals surface area contributed by atoms with Crippen molar-refractivity contribution in [3.8, 4) is 11.5 Å². The van der Waals surface area contributed by atoms with Gasteiger partial charge in [-0.25, -0.2) is 0 Å². The van der Waals surface area contributed by atoms with Gasteiger partial charge < -0.3 is 20.1 Å². The lowest BCUT2D eigenvalue weighted by atomic mass is 9.84. The third-order valence-electron chi connectivity index (χ3n) is 5.51. The molecular weight excluding hydrogens is 366 g/mol. The van der Waals surface area contributed by atoms with Crippen LogP contribution >= 0.6 is 12.4 Å². The molecule has 5 nitrogen and oxygen atoms in total. The van der Waals surface area contributed by atoms with E-state index in [2.05, 4.69) is 4.74 Å². The summed E-state index contributed by atoms with van der Waals surface area (Å²) in [7, 11) is 3.11. The number of benzene rings is 1. The molecule has 0 saturated heterocycles. The Morgan fingerprint density at radius 2 is 2.00 bits per heavy atom. The van der Waals surface area contributed by atoms with E-state index in [1.165, 1.54) is 13.2 Å². The fourth-order valence-electron chi connectivity index (χ4n) is 4.32. The molecule has 0 aromatic heterocycles. The van der Waals surface area contributed by atoms with E-state index in [0.717, 1.165) is 19.3 Å². The van der Waals surface area contributed by atoms with E-state index in [0.29, 0.717) is 23.9 Å². The number of hydrogen-bond acceptors (Lipinski definition) is 4. The van der Waals surface area contributed by atoms with Crippen molar-refractivity contribution >= 4 is 18.3 Å². The lowest BCUT2D eigenvalue weighted by Gasteiger charge is -2.31. The summed E-state index contributed by atoms with van der Waals surface area (Å²) < 4.78 is 34.6. The number of carbonyl (C=O) groups excluding carboxylic acids is 1.